The lowest BCUT2D eigenvalue weighted by atomic mass is 9.94. The molecule has 0 radical (unpaired) electrons. The minimum Gasteiger partial charge on any atom is -0.444 e. The number of aryl methyl sites for hydroxylation is 2. The highest BCUT2D eigenvalue weighted by Gasteiger charge is 2.17. The molecule has 5 heteroatoms. The fraction of sp³-hybridized carbons (Fsp3) is 0.692. The number of carbonyl (C=O) groups is 1. The molecule has 0 unspecified atom stereocenters. The first-order valence-corrected chi connectivity index (χ1v) is 6.55. The van der Waals surface area contributed by atoms with Crippen molar-refractivity contribution in [2.24, 2.45) is 5.92 Å². The summed E-state index contributed by atoms with van der Waals surface area (Å²) in [5.74, 6) is 2.01. The Labute approximate surface area is 107 Å². The summed E-state index contributed by atoms with van der Waals surface area (Å²) in [5, 5.41) is 6.17. The van der Waals surface area contributed by atoms with Crippen LogP contribution in [0.1, 0.15) is 36.6 Å². The van der Waals surface area contributed by atoms with Gasteiger partial charge in [0.05, 0.1) is 12.2 Å². The molecule has 2 heterocycles. The van der Waals surface area contributed by atoms with Gasteiger partial charge in [0.1, 0.15) is 5.76 Å². The minimum atomic E-state index is 0.0930. The van der Waals surface area contributed by atoms with Crippen molar-refractivity contribution in [3.8, 4) is 0 Å². The second-order valence-corrected chi connectivity index (χ2v) is 4.92. The number of carbonyl (C=O) groups excluding carboxylic acids is 1. The fourth-order valence-corrected chi connectivity index (χ4v) is 2.21. The summed E-state index contributed by atoms with van der Waals surface area (Å²) in [4.78, 5) is 16.0. The molecule has 1 fully saturated rings. The van der Waals surface area contributed by atoms with E-state index < -0.39 is 0 Å². The van der Waals surface area contributed by atoms with Crippen molar-refractivity contribution in [1.82, 2.24) is 15.6 Å². The van der Waals surface area contributed by atoms with Gasteiger partial charge in [-0.25, -0.2) is 4.98 Å². The molecule has 18 heavy (non-hydrogen) atoms. The number of rotatable bonds is 4. The van der Waals surface area contributed by atoms with Crippen molar-refractivity contribution in [1.29, 1.82) is 0 Å². The lowest BCUT2D eigenvalue weighted by Crippen LogP contribution is -2.32. The van der Waals surface area contributed by atoms with Crippen molar-refractivity contribution >= 4 is 5.91 Å². The molecule has 1 aromatic heterocycles. The molecule has 5 nitrogen and oxygen atoms in total. The Morgan fingerprint density at radius 1 is 1.44 bits per heavy atom. The number of aromatic nitrogens is 1. The van der Waals surface area contributed by atoms with Gasteiger partial charge in [-0.15, -0.1) is 0 Å². The number of oxazole rings is 1. The van der Waals surface area contributed by atoms with E-state index in [0.717, 1.165) is 37.4 Å². The summed E-state index contributed by atoms with van der Waals surface area (Å²) in [5.41, 5.74) is 0.887. The summed E-state index contributed by atoms with van der Waals surface area (Å²) >= 11 is 0. The lowest BCUT2D eigenvalue weighted by molar-refractivity contribution is -0.122. The molecular weight excluding hydrogens is 230 g/mol. The smallest absolute Gasteiger partial charge is 0.220 e. The van der Waals surface area contributed by atoms with Crippen LogP contribution >= 0.6 is 0 Å². The van der Waals surface area contributed by atoms with Crippen molar-refractivity contribution in [3.63, 3.8) is 0 Å². The number of nitrogens with zero attached hydrogens (tertiary/aromatic N) is 1. The highest BCUT2D eigenvalue weighted by Crippen LogP contribution is 2.15. The molecular formula is C13H21N3O2. The summed E-state index contributed by atoms with van der Waals surface area (Å²) in [6.07, 6.45) is 2.79. The number of hydrogen-bond acceptors (Lipinski definition) is 4. The van der Waals surface area contributed by atoms with E-state index in [1.165, 1.54) is 0 Å². The quantitative estimate of drug-likeness (QED) is 0.846. The molecule has 2 N–H and O–H groups in total. The van der Waals surface area contributed by atoms with Gasteiger partial charge >= 0.3 is 0 Å². The van der Waals surface area contributed by atoms with Gasteiger partial charge in [0.2, 0.25) is 11.8 Å². The standard InChI is InChI=1S/C13H21N3O2/c1-9-10(2)18-13(16-9)8-15-12(17)7-11-3-5-14-6-4-11/h11,14H,3-8H2,1-2H3,(H,15,17). The average molecular weight is 251 g/mol. The van der Waals surface area contributed by atoms with E-state index in [9.17, 15) is 4.79 Å². The zero-order chi connectivity index (χ0) is 13.0. The summed E-state index contributed by atoms with van der Waals surface area (Å²) in [7, 11) is 0. The molecule has 1 aliphatic rings. The van der Waals surface area contributed by atoms with Crippen LogP contribution in [-0.2, 0) is 11.3 Å². The van der Waals surface area contributed by atoms with E-state index >= 15 is 0 Å². The molecule has 0 aromatic carbocycles. The monoisotopic (exact) mass is 251 g/mol. The molecule has 1 aromatic rings. The first-order chi connectivity index (χ1) is 8.65. The van der Waals surface area contributed by atoms with Crippen LogP contribution < -0.4 is 10.6 Å². The first-order valence-electron chi connectivity index (χ1n) is 6.55. The maximum absolute atomic E-state index is 11.8. The fourth-order valence-electron chi connectivity index (χ4n) is 2.21. The van der Waals surface area contributed by atoms with E-state index in [-0.39, 0.29) is 5.91 Å². The van der Waals surface area contributed by atoms with Gasteiger partial charge in [-0.1, -0.05) is 0 Å². The van der Waals surface area contributed by atoms with E-state index in [4.69, 9.17) is 4.42 Å². The van der Waals surface area contributed by atoms with Gasteiger partial charge in [0.25, 0.3) is 0 Å². The number of nitrogens with one attached hydrogen (secondary N) is 2. The highest BCUT2D eigenvalue weighted by atomic mass is 16.4. The zero-order valence-corrected chi connectivity index (χ0v) is 11.1. The third kappa shape index (κ3) is 3.57. The Kier molecular flexibility index (Phi) is 4.36. The number of piperidine rings is 1. The van der Waals surface area contributed by atoms with Crippen LogP contribution in [0.4, 0.5) is 0 Å². The maximum atomic E-state index is 11.8. The minimum absolute atomic E-state index is 0.0930. The van der Waals surface area contributed by atoms with Gasteiger partial charge in [-0.05, 0) is 45.7 Å². The third-order valence-electron chi connectivity index (χ3n) is 3.44. The molecule has 0 bridgehead atoms. The van der Waals surface area contributed by atoms with Crippen molar-refractivity contribution < 1.29 is 9.21 Å². The Hall–Kier alpha value is -1.36. The van der Waals surface area contributed by atoms with Crippen LogP contribution in [0, 0.1) is 19.8 Å². The van der Waals surface area contributed by atoms with Crippen LogP contribution in [0.2, 0.25) is 0 Å². The second kappa shape index (κ2) is 6.00. The Bertz CT molecular complexity index is 389. The molecule has 0 saturated carbocycles. The van der Waals surface area contributed by atoms with E-state index in [1.54, 1.807) is 0 Å². The molecule has 1 saturated heterocycles. The Morgan fingerprint density at radius 3 is 2.78 bits per heavy atom. The molecule has 2 rings (SSSR count). The van der Waals surface area contributed by atoms with Crippen molar-refractivity contribution in [3.05, 3.63) is 17.3 Å². The zero-order valence-electron chi connectivity index (χ0n) is 11.1. The predicted molar refractivity (Wildman–Crippen MR) is 68.0 cm³/mol. The van der Waals surface area contributed by atoms with E-state index in [1.807, 2.05) is 13.8 Å². The van der Waals surface area contributed by atoms with Crippen molar-refractivity contribution in [2.45, 2.75) is 39.7 Å². The van der Waals surface area contributed by atoms with Crippen LogP contribution in [0.25, 0.3) is 0 Å². The largest absolute Gasteiger partial charge is 0.444 e. The van der Waals surface area contributed by atoms with Crippen molar-refractivity contribution in [2.75, 3.05) is 13.1 Å². The topological polar surface area (TPSA) is 67.2 Å². The van der Waals surface area contributed by atoms with Crippen LogP contribution in [0.3, 0.4) is 0 Å². The van der Waals surface area contributed by atoms with Gasteiger partial charge in [0, 0.05) is 6.42 Å². The van der Waals surface area contributed by atoms with Gasteiger partial charge in [-0.2, -0.15) is 0 Å². The first kappa shape index (κ1) is 13.1. The molecule has 0 atom stereocenters. The van der Waals surface area contributed by atoms with Crippen LogP contribution in [-0.4, -0.2) is 24.0 Å². The second-order valence-electron chi connectivity index (χ2n) is 4.92. The Morgan fingerprint density at radius 2 is 2.17 bits per heavy atom. The summed E-state index contributed by atoms with van der Waals surface area (Å²) < 4.78 is 5.42. The molecule has 1 amide bonds. The lowest BCUT2D eigenvalue weighted by Gasteiger charge is -2.21. The van der Waals surface area contributed by atoms with E-state index in [0.29, 0.717) is 24.8 Å². The van der Waals surface area contributed by atoms with Gasteiger partial charge in [-0.3, -0.25) is 4.79 Å². The molecule has 0 aliphatic carbocycles. The summed E-state index contributed by atoms with van der Waals surface area (Å²) in [6.45, 7) is 6.21. The SMILES string of the molecule is Cc1nc(CNC(=O)CC2CCNCC2)oc1C. The number of hydrogen-bond donors (Lipinski definition) is 2. The average Bonchev–Trinajstić information content (AvgIpc) is 2.68. The summed E-state index contributed by atoms with van der Waals surface area (Å²) in [6, 6.07) is 0. The molecule has 1 aliphatic heterocycles. The van der Waals surface area contributed by atoms with Crippen LogP contribution in [0.5, 0.6) is 0 Å². The molecule has 100 valence electrons. The maximum Gasteiger partial charge on any atom is 0.220 e. The molecule has 0 spiro atoms. The van der Waals surface area contributed by atoms with E-state index in [2.05, 4.69) is 15.6 Å². The third-order valence-corrected chi connectivity index (χ3v) is 3.44. The van der Waals surface area contributed by atoms with Crippen LogP contribution in [0.15, 0.2) is 4.42 Å². The number of amides is 1. The Balaban J connectivity index is 1.74. The highest BCUT2D eigenvalue weighted by molar-refractivity contribution is 5.76. The van der Waals surface area contributed by atoms with Gasteiger partial charge < -0.3 is 15.1 Å². The normalized spacial score (nSPS) is 16.8. The predicted octanol–water partition coefficient (Wildman–Crippen LogP) is 1.30. The van der Waals surface area contributed by atoms with Gasteiger partial charge in [0.15, 0.2) is 0 Å².